The highest BCUT2D eigenvalue weighted by atomic mass is 19.4. The molecule has 11 heteroatoms. The van der Waals surface area contributed by atoms with Gasteiger partial charge in [-0.2, -0.15) is 13.2 Å². The number of alkyl halides is 3. The van der Waals surface area contributed by atoms with Crippen molar-refractivity contribution in [1.29, 1.82) is 0 Å². The molecule has 1 atom stereocenters. The molecule has 1 heterocycles. The lowest BCUT2D eigenvalue weighted by atomic mass is 10.1. The average Bonchev–Trinajstić information content (AvgIpc) is 2.89. The zero-order valence-corrected chi connectivity index (χ0v) is 21.3. The van der Waals surface area contributed by atoms with Crippen molar-refractivity contribution >= 4 is 34.9 Å². The number of aliphatic carboxylic acids is 1. The van der Waals surface area contributed by atoms with E-state index in [1.54, 1.807) is 36.4 Å². The Balaban J connectivity index is 0.000000532. The molecule has 1 unspecified atom stereocenters. The highest BCUT2D eigenvalue weighted by Gasteiger charge is 2.38. The largest absolute Gasteiger partial charge is 0.490 e. The summed E-state index contributed by atoms with van der Waals surface area (Å²) in [6.07, 6.45) is -5.08. The van der Waals surface area contributed by atoms with Gasteiger partial charge in [-0.15, -0.1) is 0 Å². The number of piperazine rings is 1. The average molecular weight is 544 g/mol. The van der Waals surface area contributed by atoms with Crippen LogP contribution in [-0.4, -0.2) is 59.9 Å². The van der Waals surface area contributed by atoms with Crippen molar-refractivity contribution in [2.45, 2.75) is 26.1 Å². The Labute approximate surface area is 223 Å². The van der Waals surface area contributed by atoms with Gasteiger partial charge in [0.25, 0.3) is 5.91 Å². The third-order valence-electron chi connectivity index (χ3n) is 6.07. The summed E-state index contributed by atoms with van der Waals surface area (Å²) in [4.78, 5) is 37.8. The maximum atomic E-state index is 12.8. The van der Waals surface area contributed by atoms with Crippen molar-refractivity contribution < 1.29 is 37.8 Å². The van der Waals surface area contributed by atoms with Crippen molar-refractivity contribution in [3.05, 3.63) is 89.5 Å². The van der Waals surface area contributed by atoms with Crippen molar-refractivity contribution in [1.82, 2.24) is 0 Å². The van der Waals surface area contributed by atoms with Crippen LogP contribution in [0.15, 0.2) is 72.8 Å². The molecule has 1 amide bonds. The summed E-state index contributed by atoms with van der Waals surface area (Å²) in [7, 11) is 0. The van der Waals surface area contributed by atoms with E-state index >= 15 is 0 Å². The molecule has 0 aromatic heterocycles. The molecule has 4 rings (SSSR count). The zero-order chi connectivity index (χ0) is 28.7. The van der Waals surface area contributed by atoms with Gasteiger partial charge in [-0.3, -0.25) is 4.79 Å². The van der Waals surface area contributed by atoms with Gasteiger partial charge in [-0.25, -0.2) is 9.59 Å². The minimum atomic E-state index is -5.08. The number of aromatic carboxylic acids is 1. The third-order valence-corrected chi connectivity index (χ3v) is 6.07. The number of carboxylic acid groups (broad SMARTS) is 2. The smallest absolute Gasteiger partial charge is 0.478 e. The number of hydrogen-bond acceptors (Lipinski definition) is 5. The van der Waals surface area contributed by atoms with Crippen LogP contribution in [-0.2, 0) is 4.79 Å². The van der Waals surface area contributed by atoms with E-state index in [0.717, 1.165) is 25.3 Å². The summed E-state index contributed by atoms with van der Waals surface area (Å²) in [5.41, 5.74) is 4.44. The van der Waals surface area contributed by atoms with Gasteiger partial charge in [0.2, 0.25) is 0 Å². The number of anilines is 3. The quantitative estimate of drug-likeness (QED) is 0.401. The van der Waals surface area contributed by atoms with Crippen LogP contribution in [0.2, 0.25) is 0 Å². The number of halogens is 3. The zero-order valence-electron chi connectivity index (χ0n) is 21.3. The second-order valence-corrected chi connectivity index (χ2v) is 8.99. The van der Waals surface area contributed by atoms with Crippen LogP contribution in [0, 0.1) is 6.92 Å². The molecule has 0 radical (unpaired) electrons. The van der Waals surface area contributed by atoms with Crippen LogP contribution in [0.25, 0.3) is 0 Å². The van der Waals surface area contributed by atoms with E-state index in [1.165, 1.54) is 17.3 Å². The highest BCUT2D eigenvalue weighted by Crippen LogP contribution is 2.31. The van der Waals surface area contributed by atoms with E-state index in [9.17, 15) is 27.9 Å². The van der Waals surface area contributed by atoms with Crippen LogP contribution in [0.3, 0.4) is 0 Å². The van der Waals surface area contributed by atoms with Crippen molar-refractivity contribution in [3.8, 4) is 0 Å². The Bertz CT molecular complexity index is 1330. The minimum Gasteiger partial charge on any atom is -0.478 e. The maximum Gasteiger partial charge on any atom is 0.490 e. The predicted octanol–water partition coefficient (Wildman–Crippen LogP) is 5.29. The fourth-order valence-electron chi connectivity index (χ4n) is 4.20. The molecule has 0 bridgehead atoms. The number of carboxylic acids is 2. The summed E-state index contributed by atoms with van der Waals surface area (Å²) in [5.74, 6) is -4.04. The Hall–Kier alpha value is -4.54. The number of nitrogens with zero attached hydrogens (tertiary/aromatic N) is 2. The lowest BCUT2D eigenvalue weighted by molar-refractivity contribution is -0.192. The molecule has 1 fully saturated rings. The fraction of sp³-hybridized carbons (Fsp3) is 0.250. The van der Waals surface area contributed by atoms with Crippen LogP contribution in [0.1, 0.15) is 33.2 Å². The molecule has 0 aliphatic carbocycles. The molecular formula is C28H28F3N3O5. The third kappa shape index (κ3) is 7.73. The first kappa shape index (κ1) is 29.0. The number of benzene rings is 3. The van der Waals surface area contributed by atoms with Crippen LogP contribution in [0.5, 0.6) is 0 Å². The summed E-state index contributed by atoms with van der Waals surface area (Å²) in [5, 5.41) is 19.5. The number of amides is 1. The lowest BCUT2D eigenvalue weighted by Gasteiger charge is -2.43. The molecule has 206 valence electrons. The van der Waals surface area contributed by atoms with Gasteiger partial charge in [-0.1, -0.05) is 30.3 Å². The molecule has 1 saturated heterocycles. The normalized spacial score (nSPS) is 15.2. The van der Waals surface area contributed by atoms with Gasteiger partial charge in [-0.05, 0) is 61.9 Å². The molecule has 1 aliphatic rings. The standard InChI is InChI=1S/C26H27N3O3.C2HF3O2/c1-18-7-6-10-22(15-18)29-14-13-28(17-19(29)2)24-12-11-21(26(31)32)16-23(24)27-25(30)20-8-4-3-5-9-20;3-2(4,5)1(6)7/h3-12,15-16,19H,13-14,17H2,1-2H3,(H,27,30)(H,31,32);(H,6,7). The summed E-state index contributed by atoms with van der Waals surface area (Å²) < 4.78 is 31.7. The van der Waals surface area contributed by atoms with Crippen molar-refractivity contribution in [3.63, 3.8) is 0 Å². The Morgan fingerprint density at radius 3 is 2.13 bits per heavy atom. The number of carbonyl (C=O) groups is 3. The highest BCUT2D eigenvalue weighted by molar-refractivity contribution is 6.06. The van der Waals surface area contributed by atoms with E-state index in [2.05, 4.69) is 53.2 Å². The van der Waals surface area contributed by atoms with Gasteiger partial charge in [0, 0.05) is 36.9 Å². The second kappa shape index (κ2) is 12.3. The summed E-state index contributed by atoms with van der Waals surface area (Å²) >= 11 is 0. The number of nitrogens with one attached hydrogen (secondary N) is 1. The molecule has 3 aromatic rings. The van der Waals surface area contributed by atoms with Gasteiger partial charge in [0.15, 0.2) is 0 Å². The molecule has 0 saturated carbocycles. The monoisotopic (exact) mass is 543 g/mol. The van der Waals surface area contributed by atoms with Crippen LogP contribution in [0.4, 0.5) is 30.2 Å². The topological polar surface area (TPSA) is 110 Å². The van der Waals surface area contributed by atoms with E-state index in [-0.39, 0.29) is 17.5 Å². The second-order valence-electron chi connectivity index (χ2n) is 8.99. The van der Waals surface area contributed by atoms with Crippen LogP contribution >= 0.6 is 0 Å². The molecule has 3 aromatic carbocycles. The van der Waals surface area contributed by atoms with E-state index < -0.39 is 18.1 Å². The number of hydrogen-bond donors (Lipinski definition) is 3. The van der Waals surface area contributed by atoms with Gasteiger partial charge < -0.3 is 25.3 Å². The van der Waals surface area contributed by atoms with Crippen molar-refractivity contribution in [2.24, 2.45) is 0 Å². The minimum absolute atomic E-state index is 0.142. The van der Waals surface area contributed by atoms with Crippen LogP contribution < -0.4 is 15.1 Å². The van der Waals surface area contributed by atoms with E-state index in [4.69, 9.17) is 9.90 Å². The molecule has 1 aliphatic heterocycles. The Morgan fingerprint density at radius 2 is 1.56 bits per heavy atom. The maximum absolute atomic E-state index is 12.8. The van der Waals surface area contributed by atoms with E-state index in [1.807, 2.05) is 6.07 Å². The lowest BCUT2D eigenvalue weighted by Crippen LogP contribution is -2.52. The van der Waals surface area contributed by atoms with Gasteiger partial charge in [0.1, 0.15) is 0 Å². The first-order valence-corrected chi connectivity index (χ1v) is 12.0. The fourth-order valence-corrected chi connectivity index (χ4v) is 4.20. The van der Waals surface area contributed by atoms with Gasteiger partial charge >= 0.3 is 18.1 Å². The molecule has 3 N–H and O–H groups in total. The molecular weight excluding hydrogens is 515 g/mol. The number of rotatable bonds is 5. The Kier molecular flexibility index (Phi) is 9.18. The van der Waals surface area contributed by atoms with E-state index in [0.29, 0.717) is 11.3 Å². The van der Waals surface area contributed by atoms with Gasteiger partial charge in [0.05, 0.1) is 16.9 Å². The molecule has 39 heavy (non-hydrogen) atoms. The Morgan fingerprint density at radius 1 is 0.897 bits per heavy atom. The SMILES string of the molecule is Cc1cccc(N2CCN(c3ccc(C(=O)O)cc3NC(=O)c3ccccc3)CC2C)c1.O=C(O)C(F)(F)F. The molecule has 8 nitrogen and oxygen atoms in total. The van der Waals surface area contributed by atoms with Crippen molar-refractivity contribution in [2.75, 3.05) is 34.8 Å². The first-order valence-electron chi connectivity index (χ1n) is 12.0. The number of carbonyl (C=O) groups excluding carboxylic acids is 1. The first-order chi connectivity index (χ1) is 18.4. The predicted molar refractivity (Wildman–Crippen MR) is 142 cm³/mol. The summed E-state index contributed by atoms with van der Waals surface area (Å²) in [6.45, 7) is 6.63. The molecule has 0 spiro atoms. The number of aryl methyl sites for hydroxylation is 1. The summed E-state index contributed by atoms with van der Waals surface area (Å²) in [6, 6.07) is 22.6.